The summed E-state index contributed by atoms with van der Waals surface area (Å²) in [5, 5.41) is 3.35. The van der Waals surface area contributed by atoms with Crippen LogP contribution in [0.2, 0.25) is 0 Å². The van der Waals surface area contributed by atoms with E-state index >= 15 is 0 Å². The molecular weight excluding hydrogens is 232 g/mol. The lowest BCUT2D eigenvalue weighted by Crippen LogP contribution is -2.31. The maximum atomic E-state index is 5.52. The van der Waals surface area contributed by atoms with Crippen LogP contribution in [0.3, 0.4) is 0 Å². The molecule has 2 rings (SSSR count). The van der Waals surface area contributed by atoms with Crippen LogP contribution in [0.4, 0.5) is 5.82 Å². The Labute approximate surface area is 107 Å². The average molecular weight is 250 g/mol. The molecule has 4 nitrogen and oxygen atoms in total. The van der Waals surface area contributed by atoms with E-state index in [1.54, 1.807) is 6.20 Å². The summed E-state index contributed by atoms with van der Waals surface area (Å²) in [6.07, 6.45) is 4.26. The van der Waals surface area contributed by atoms with Crippen LogP contribution >= 0.6 is 12.2 Å². The van der Waals surface area contributed by atoms with Gasteiger partial charge in [0.05, 0.1) is 0 Å². The summed E-state index contributed by atoms with van der Waals surface area (Å²) in [5.41, 5.74) is 6.33. The van der Waals surface area contributed by atoms with E-state index in [-0.39, 0.29) is 0 Å². The van der Waals surface area contributed by atoms with Gasteiger partial charge in [-0.2, -0.15) is 0 Å². The number of nitrogens with two attached hydrogens (primary N) is 1. The molecule has 3 N–H and O–H groups in total. The van der Waals surface area contributed by atoms with Crippen LogP contribution in [-0.4, -0.2) is 41.1 Å². The van der Waals surface area contributed by atoms with Crippen LogP contribution in [0.1, 0.15) is 18.4 Å². The highest BCUT2D eigenvalue weighted by Gasteiger charge is 2.20. The minimum Gasteiger partial charge on any atom is -0.389 e. The predicted octanol–water partition coefficient (Wildman–Crippen LogP) is 1.22. The van der Waals surface area contributed by atoms with Gasteiger partial charge in [0.1, 0.15) is 10.8 Å². The Morgan fingerprint density at radius 2 is 2.47 bits per heavy atom. The second-order valence-corrected chi connectivity index (χ2v) is 4.89. The zero-order chi connectivity index (χ0) is 12.3. The summed E-state index contributed by atoms with van der Waals surface area (Å²) >= 11 is 4.88. The highest BCUT2D eigenvalue weighted by molar-refractivity contribution is 7.80. The van der Waals surface area contributed by atoms with Gasteiger partial charge >= 0.3 is 0 Å². The van der Waals surface area contributed by atoms with Crippen LogP contribution in [0, 0.1) is 0 Å². The number of thiocarbonyl (C=S) groups is 1. The summed E-state index contributed by atoms with van der Waals surface area (Å²) in [7, 11) is 2.17. The number of likely N-dealkylation sites (N-methyl/N-ethyl adjacent to an activating group) is 1. The average Bonchev–Trinajstić information content (AvgIpc) is 2.73. The van der Waals surface area contributed by atoms with Gasteiger partial charge < -0.3 is 16.0 Å². The molecule has 0 spiro atoms. The van der Waals surface area contributed by atoms with Crippen molar-refractivity contribution in [2.24, 2.45) is 5.73 Å². The Kier molecular flexibility index (Phi) is 3.91. The molecule has 17 heavy (non-hydrogen) atoms. The topological polar surface area (TPSA) is 54.2 Å². The van der Waals surface area contributed by atoms with Crippen molar-refractivity contribution < 1.29 is 0 Å². The second kappa shape index (κ2) is 5.42. The number of nitrogens with one attached hydrogen (secondary N) is 1. The smallest absolute Gasteiger partial charge is 0.125 e. The van der Waals surface area contributed by atoms with Crippen molar-refractivity contribution in [2.75, 3.05) is 25.5 Å². The lowest BCUT2D eigenvalue weighted by molar-refractivity contribution is 0.322. The van der Waals surface area contributed by atoms with E-state index in [1.165, 1.54) is 19.4 Å². The first-order valence-corrected chi connectivity index (χ1v) is 6.27. The fraction of sp³-hybridized carbons (Fsp3) is 0.500. The zero-order valence-corrected chi connectivity index (χ0v) is 10.8. The number of rotatable bonds is 4. The summed E-state index contributed by atoms with van der Waals surface area (Å²) in [6, 6.07) is 4.44. The van der Waals surface area contributed by atoms with Gasteiger partial charge in [0.25, 0.3) is 0 Å². The number of pyridine rings is 1. The third-order valence-electron chi connectivity index (χ3n) is 3.24. The highest BCUT2D eigenvalue weighted by atomic mass is 32.1. The molecule has 0 bridgehead atoms. The minimum absolute atomic E-state index is 0.388. The molecule has 0 saturated carbocycles. The molecule has 1 aliphatic heterocycles. The molecule has 1 unspecified atom stereocenters. The van der Waals surface area contributed by atoms with Gasteiger partial charge in [-0.1, -0.05) is 12.2 Å². The first-order valence-electron chi connectivity index (χ1n) is 5.87. The van der Waals surface area contributed by atoms with Crippen LogP contribution in [0.15, 0.2) is 18.3 Å². The fourth-order valence-corrected chi connectivity index (χ4v) is 2.22. The molecule has 92 valence electrons. The molecule has 0 aliphatic carbocycles. The highest BCUT2D eigenvalue weighted by Crippen LogP contribution is 2.15. The van der Waals surface area contributed by atoms with Crippen LogP contribution in [0.5, 0.6) is 0 Å². The first-order chi connectivity index (χ1) is 8.16. The molecule has 1 aliphatic rings. The van der Waals surface area contributed by atoms with Crippen molar-refractivity contribution in [1.29, 1.82) is 0 Å². The number of nitrogens with zero attached hydrogens (tertiary/aromatic N) is 2. The van der Waals surface area contributed by atoms with Gasteiger partial charge in [-0.15, -0.1) is 0 Å². The molecule has 2 heterocycles. The number of aromatic nitrogens is 1. The van der Waals surface area contributed by atoms with Gasteiger partial charge in [0.15, 0.2) is 0 Å². The summed E-state index contributed by atoms with van der Waals surface area (Å²) in [6.45, 7) is 2.13. The second-order valence-electron chi connectivity index (χ2n) is 4.45. The van der Waals surface area contributed by atoms with E-state index in [0.717, 1.165) is 17.9 Å². The van der Waals surface area contributed by atoms with Crippen molar-refractivity contribution in [3.8, 4) is 0 Å². The fourth-order valence-electron chi connectivity index (χ4n) is 2.10. The molecule has 1 atom stereocenters. The largest absolute Gasteiger partial charge is 0.389 e. The van der Waals surface area contributed by atoms with Gasteiger partial charge in [-0.25, -0.2) is 4.98 Å². The molecule has 1 aromatic rings. The van der Waals surface area contributed by atoms with Gasteiger partial charge in [0.2, 0.25) is 0 Å². The molecule has 1 aromatic heterocycles. The quantitative estimate of drug-likeness (QED) is 0.787. The Hall–Kier alpha value is -1.20. The Balaban J connectivity index is 1.88. The van der Waals surface area contributed by atoms with Gasteiger partial charge in [-0.05, 0) is 38.6 Å². The zero-order valence-electron chi connectivity index (χ0n) is 10.0. The number of hydrogen-bond donors (Lipinski definition) is 2. The Morgan fingerprint density at radius 3 is 3.00 bits per heavy atom. The lowest BCUT2D eigenvalue weighted by Gasteiger charge is -2.19. The van der Waals surface area contributed by atoms with E-state index < -0.39 is 0 Å². The minimum atomic E-state index is 0.388. The van der Waals surface area contributed by atoms with E-state index in [4.69, 9.17) is 18.0 Å². The van der Waals surface area contributed by atoms with Crippen molar-refractivity contribution in [1.82, 2.24) is 9.88 Å². The number of anilines is 1. The third kappa shape index (κ3) is 3.14. The summed E-state index contributed by atoms with van der Waals surface area (Å²) in [4.78, 5) is 7.06. The van der Waals surface area contributed by atoms with E-state index in [9.17, 15) is 0 Å². The van der Waals surface area contributed by atoms with Crippen LogP contribution < -0.4 is 11.1 Å². The SMILES string of the molecule is CN1CCCC1CNc1ccc(C(N)=S)cn1. The number of hydrogen-bond acceptors (Lipinski definition) is 4. The van der Waals surface area contributed by atoms with Crippen molar-refractivity contribution >= 4 is 23.0 Å². The maximum absolute atomic E-state index is 5.52. The molecule has 0 aromatic carbocycles. The molecule has 0 radical (unpaired) electrons. The lowest BCUT2D eigenvalue weighted by atomic mass is 10.2. The van der Waals surface area contributed by atoms with Crippen molar-refractivity contribution in [3.05, 3.63) is 23.9 Å². The Morgan fingerprint density at radius 1 is 1.65 bits per heavy atom. The summed E-state index contributed by atoms with van der Waals surface area (Å²) < 4.78 is 0. The van der Waals surface area contributed by atoms with E-state index in [1.807, 2.05) is 12.1 Å². The summed E-state index contributed by atoms with van der Waals surface area (Å²) in [5.74, 6) is 0.880. The maximum Gasteiger partial charge on any atom is 0.125 e. The standard InChI is InChI=1S/C12H18N4S/c1-16-6-2-3-10(16)8-15-11-5-4-9(7-14-11)12(13)17/h4-5,7,10H,2-3,6,8H2,1H3,(H2,13,17)(H,14,15). The van der Waals surface area contributed by atoms with Crippen LogP contribution in [-0.2, 0) is 0 Å². The monoisotopic (exact) mass is 250 g/mol. The van der Waals surface area contributed by atoms with Gasteiger partial charge in [-0.3, -0.25) is 0 Å². The molecule has 1 fully saturated rings. The van der Waals surface area contributed by atoms with E-state index in [2.05, 4.69) is 22.2 Å². The molecule has 0 amide bonds. The normalized spacial score (nSPS) is 20.4. The first kappa shape index (κ1) is 12.3. The predicted molar refractivity (Wildman–Crippen MR) is 74.3 cm³/mol. The van der Waals surface area contributed by atoms with E-state index in [0.29, 0.717) is 11.0 Å². The van der Waals surface area contributed by atoms with Crippen LogP contribution in [0.25, 0.3) is 0 Å². The molecule has 1 saturated heterocycles. The Bertz CT molecular complexity index is 390. The van der Waals surface area contributed by atoms with Gasteiger partial charge in [0, 0.05) is 24.3 Å². The third-order valence-corrected chi connectivity index (χ3v) is 3.47. The molecule has 5 heteroatoms. The molecular formula is C12H18N4S. The van der Waals surface area contributed by atoms with Crippen molar-refractivity contribution in [3.63, 3.8) is 0 Å². The van der Waals surface area contributed by atoms with Crippen molar-refractivity contribution in [2.45, 2.75) is 18.9 Å². The number of likely N-dealkylation sites (tertiary alicyclic amines) is 1.